The van der Waals surface area contributed by atoms with Crippen LogP contribution in [0.3, 0.4) is 0 Å². The number of carbonyl (C=O) groups is 1. The predicted molar refractivity (Wildman–Crippen MR) is 56.6 cm³/mol. The maximum Gasteiger partial charge on any atom is 0.525 e. The molecule has 0 radical (unpaired) electrons. The zero-order valence-corrected chi connectivity index (χ0v) is 9.98. The molecule has 1 aromatic rings. The SMILES string of the molecule is NC(=O)N(OC(F)(F)C(F)OC(F)(F)F)c1ccccc1. The fraction of sp³-hybridized carbons (Fsp3) is 0.300. The molecule has 1 aromatic carbocycles. The standard InChI is InChI=1S/C10H8F6N2O3/c11-7(20-10(14,15)16)9(12,13)21-18(8(17)19)6-4-2-1-3-5-6/h1-5,7H,(H2,17,19). The highest BCUT2D eigenvalue weighted by molar-refractivity contribution is 5.88. The zero-order valence-electron chi connectivity index (χ0n) is 9.98. The number of rotatable bonds is 5. The Morgan fingerprint density at radius 3 is 2.10 bits per heavy atom. The highest BCUT2D eigenvalue weighted by Gasteiger charge is 2.51. The Balaban J connectivity index is 2.90. The lowest BCUT2D eigenvalue weighted by molar-refractivity contribution is -0.423. The van der Waals surface area contributed by atoms with E-state index >= 15 is 0 Å². The van der Waals surface area contributed by atoms with Gasteiger partial charge in [0.1, 0.15) is 0 Å². The summed E-state index contributed by atoms with van der Waals surface area (Å²) in [5.74, 6) is 0. The molecule has 0 spiro atoms. The Labute approximate surface area is 113 Å². The van der Waals surface area contributed by atoms with Crippen molar-refractivity contribution >= 4 is 11.7 Å². The average molecular weight is 318 g/mol. The molecule has 0 aliphatic carbocycles. The molecule has 2 amide bonds. The number of hydrogen-bond acceptors (Lipinski definition) is 3. The fourth-order valence-electron chi connectivity index (χ4n) is 1.14. The van der Waals surface area contributed by atoms with Crippen LogP contribution in [0.2, 0.25) is 0 Å². The van der Waals surface area contributed by atoms with E-state index in [1.807, 2.05) is 0 Å². The first-order chi connectivity index (χ1) is 9.53. The molecule has 0 saturated carbocycles. The van der Waals surface area contributed by atoms with E-state index in [0.717, 1.165) is 12.1 Å². The van der Waals surface area contributed by atoms with E-state index in [4.69, 9.17) is 5.73 Å². The molecule has 21 heavy (non-hydrogen) atoms. The van der Waals surface area contributed by atoms with Crippen LogP contribution in [-0.2, 0) is 9.57 Å². The summed E-state index contributed by atoms with van der Waals surface area (Å²) >= 11 is 0. The normalized spacial score (nSPS) is 13.8. The van der Waals surface area contributed by atoms with Crippen molar-refractivity contribution in [2.45, 2.75) is 18.8 Å². The molecule has 1 unspecified atom stereocenters. The van der Waals surface area contributed by atoms with Gasteiger partial charge in [0.25, 0.3) is 6.36 Å². The predicted octanol–water partition coefficient (Wildman–Crippen LogP) is 2.93. The number of hydrogen-bond donors (Lipinski definition) is 1. The van der Waals surface area contributed by atoms with Gasteiger partial charge in [-0.15, -0.1) is 13.2 Å². The summed E-state index contributed by atoms with van der Waals surface area (Å²) in [5, 5.41) is -0.258. The van der Waals surface area contributed by atoms with Crippen molar-refractivity contribution in [2.75, 3.05) is 5.06 Å². The van der Waals surface area contributed by atoms with Crippen LogP contribution in [0, 0.1) is 0 Å². The van der Waals surface area contributed by atoms with E-state index < -0.39 is 24.9 Å². The number of urea groups is 1. The Kier molecular flexibility index (Phi) is 5.01. The largest absolute Gasteiger partial charge is 0.525 e. The van der Waals surface area contributed by atoms with Gasteiger partial charge in [-0.2, -0.15) is 18.7 Å². The first-order valence-corrected chi connectivity index (χ1v) is 5.13. The number of carbonyl (C=O) groups excluding carboxylic acids is 1. The van der Waals surface area contributed by atoms with Gasteiger partial charge in [-0.1, -0.05) is 18.2 Å². The van der Waals surface area contributed by atoms with Gasteiger partial charge in [-0.3, -0.25) is 0 Å². The molecule has 0 bridgehead atoms. The van der Waals surface area contributed by atoms with Crippen molar-refractivity contribution < 1.29 is 40.7 Å². The van der Waals surface area contributed by atoms with E-state index in [1.165, 1.54) is 18.2 Å². The summed E-state index contributed by atoms with van der Waals surface area (Å²) in [6.07, 6.45) is -15.0. The third-order valence-corrected chi connectivity index (χ3v) is 1.91. The zero-order chi connectivity index (χ0) is 16.3. The van der Waals surface area contributed by atoms with Gasteiger partial charge >= 0.3 is 18.5 Å². The summed E-state index contributed by atoms with van der Waals surface area (Å²) in [4.78, 5) is 14.6. The number of benzene rings is 1. The summed E-state index contributed by atoms with van der Waals surface area (Å²) in [6.45, 7) is 0. The van der Waals surface area contributed by atoms with Crippen LogP contribution in [0.1, 0.15) is 0 Å². The first-order valence-electron chi connectivity index (χ1n) is 5.13. The van der Waals surface area contributed by atoms with Gasteiger partial charge in [-0.25, -0.2) is 13.9 Å². The topological polar surface area (TPSA) is 64.8 Å². The molecular weight excluding hydrogens is 310 g/mol. The van der Waals surface area contributed by atoms with Crippen LogP contribution in [0.5, 0.6) is 0 Å². The Bertz CT molecular complexity index is 481. The Hall–Kier alpha value is -2.01. The molecule has 11 heteroatoms. The lowest BCUT2D eigenvalue weighted by Gasteiger charge is -2.27. The maximum atomic E-state index is 13.2. The van der Waals surface area contributed by atoms with Crippen molar-refractivity contribution in [1.29, 1.82) is 0 Å². The third kappa shape index (κ3) is 5.11. The van der Waals surface area contributed by atoms with Crippen LogP contribution >= 0.6 is 0 Å². The quantitative estimate of drug-likeness (QED) is 0.670. The van der Waals surface area contributed by atoms with E-state index in [1.54, 1.807) is 0 Å². The van der Waals surface area contributed by atoms with Crippen molar-refractivity contribution in [3.05, 3.63) is 30.3 Å². The summed E-state index contributed by atoms with van der Waals surface area (Å²) in [5.41, 5.74) is 4.40. The van der Waals surface area contributed by atoms with Gasteiger partial charge in [0.05, 0.1) is 5.69 Å². The summed E-state index contributed by atoms with van der Waals surface area (Å²) in [6, 6.07) is 4.61. The summed E-state index contributed by atoms with van der Waals surface area (Å²) in [7, 11) is 0. The molecule has 1 atom stereocenters. The van der Waals surface area contributed by atoms with E-state index in [0.29, 0.717) is 0 Å². The van der Waals surface area contributed by atoms with Crippen molar-refractivity contribution in [2.24, 2.45) is 5.73 Å². The molecule has 0 heterocycles. The minimum Gasteiger partial charge on any atom is -0.349 e. The van der Waals surface area contributed by atoms with Gasteiger partial charge in [0, 0.05) is 0 Å². The molecule has 0 fully saturated rings. The number of nitrogens with two attached hydrogens (primary N) is 1. The number of primary amides is 1. The maximum absolute atomic E-state index is 13.2. The van der Waals surface area contributed by atoms with Gasteiger partial charge < -0.3 is 5.73 Å². The molecule has 0 aromatic heterocycles. The van der Waals surface area contributed by atoms with Crippen molar-refractivity contribution in [1.82, 2.24) is 0 Å². The van der Waals surface area contributed by atoms with Crippen LogP contribution in [-0.4, -0.2) is 24.9 Å². The average Bonchev–Trinajstić information content (AvgIpc) is 2.34. The number of amides is 2. The molecule has 0 saturated heterocycles. The van der Waals surface area contributed by atoms with Crippen molar-refractivity contribution in [3.8, 4) is 0 Å². The second-order valence-corrected chi connectivity index (χ2v) is 3.50. The van der Waals surface area contributed by atoms with E-state index in [-0.39, 0.29) is 10.8 Å². The van der Waals surface area contributed by atoms with E-state index in [9.17, 15) is 31.1 Å². The number of anilines is 1. The monoisotopic (exact) mass is 318 g/mol. The number of hydroxylamine groups is 1. The smallest absolute Gasteiger partial charge is 0.349 e. The van der Waals surface area contributed by atoms with Gasteiger partial charge in [-0.05, 0) is 12.1 Å². The van der Waals surface area contributed by atoms with Gasteiger partial charge in [0.15, 0.2) is 0 Å². The van der Waals surface area contributed by atoms with Crippen LogP contribution in [0.4, 0.5) is 36.8 Å². The molecular formula is C10H8F6N2O3. The number of para-hydroxylation sites is 1. The minimum absolute atomic E-state index is 0.258. The molecule has 5 nitrogen and oxygen atoms in total. The summed E-state index contributed by atoms with van der Waals surface area (Å²) < 4.78 is 76.8. The highest BCUT2D eigenvalue weighted by Crippen LogP contribution is 2.32. The van der Waals surface area contributed by atoms with Crippen molar-refractivity contribution in [3.63, 3.8) is 0 Å². The number of nitrogens with zero attached hydrogens (tertiary/aromatic N) is 1. The Morgan fingerprint density at radius 2 is 1.67 bits per heavy atom. The second-order valence-electron chi connectivity index (χ2n) is 3.50. The number of halogens is 6. The first kappa shape index (κ1) is 17.0. The molecule has 0 aliphatic heterocycles. The Morgan fingerprint density at radius 1 is 1.14 bits per heavy atom. The highest BCUT2D eigenvalue weighted by atomic mass is 19.4. The molecule has 118 valence electrons. The molecule has 2 N–H and O–H groups in total. The molecule has 1 rings (SSSR count). The lowest BCUT2D eigenvalue weighted by Crippen LogP contribution is -2.47. The second kappa shape index (κ2) is 6.18. The number of ether oxygens (including phenoxy) is 1. The van der Waals surface area contributed by atoms with Crippen LogP contribution < -0.4 is 10.8 Å². The lowest BCUT2D eigenvalue weighted by atomic mass is 10.3. The van der Waals surface area contributed by atoms with Crippen LogP contribution in [0.15, 0.2) is 30.3 Å². The van der Waals surface area contributed by atoms with E-state index in [2.05, 4.69) is 9.57 Å². The number of alkyl halides is 6. The van der Waals surface area contributed by atoms with Gasteiger partial charge in [0.2, 0.25) is 0 Å². The fourth-order valence-corrected chi connectivity index (χ4v) is 1.14. The molecule has 0 aliphatic rings. The third-order valence-electron chi connectivity index (χ3n) is 1.91. The minimum atomic E-state index is -5.66. The van der Waals surface area contributed by atoms with Crippen LogP contribution in [0.25, 0.3) is 0 Å².